The zero-order valence-corrected chi connectivity index (χ0v) is 19.3. The lowest BCUT2D eigenvalue weighted by Crippen LogP contribution is -2.15. The fourth-order valence-electron chi connectivity index (χ4n) is 4.77. The first kappa shape index (κ1) is 22.4. The van der Waals surface area contributed by atoms with Crippen molar-refractivity contribution >= 4 is 0 Å². The summed E-state index contributed by atoms with van der Waals surface area (Å²) in [5.74, 6) is 3.91. The van der Waals surface area contributed by atoms with Crippen molar-refractivity contribution in [3.63, 3.8) is 0 Å². The number of rotatable bonds is 8. The van der Waals surface area contributed by atoms with E-state index in [1.54, 1.807) is 42.7 Å². The third-order valence-electron chi connectivity index (χ3n) is 6.30. The fourth-order valence-corrected chi connectivity index (χ4v) is 4.77. The van der Waals surface area contributed by atoms with Crippen molar-refractivity contribution in [3.8, 4) is 34.5 Å². The van der Waals surface area contributed by atoms with Crippen molar-refractivity contribution in [2.75, 3.05) is 55.9 Å². The summed E-state index contributed by atoms with van der Waals surface area (Å²) in [6.07, 6.45) is -0.276. The van der Waals surface area contributed by atoms with Crippen LogP contribution in [-0.4, -0.2) is 55.9 Å². The van der Waals surface area contributed by atoms with Crippen LogP contribution in [0.2, 0.25) is 0 Å². The summed E-state index contributed by atoms with van der Waals surface area (Å²) in [6.45, 7) is 1.15. The molecule has 0 unspecified atom stereocenters. The van der Waals surface area contributed by atoms with E-state index < -0.39 is 0 Å². The lowest BCUT2D eigenvalue weighted by Gasteiger charge is -2.20. The Hall–Kier alpha value is -2.84. The van der Waals surface area contributed by atoms with E-state index in [2.05, 4.69) is 0 Å². The van der Waals surface area contributed by atoms with Crippen LogP contribution in [0.25, 0.3) is 0 Å². The van der Waals surface area contributed by atoms with Gasteiger partial charge in [-0.25, -0.2) is 0 Å². The van der Waals surface area contributed by atoms with Gasteiger partial charge in [-0.15, -0.1) is 0 Å². The van der Waals surface area contributed by atoms with Gasteiger partial charge >= 0.3 is 0 Å². The highest BCUT2D eigenvalue weighted by atomic mass is 16.5. The maximum Gasteiger partial charge on any atom is 0.203 e. The van der Waals surface area contributed by atoms with Crippen molar-refractivity contribution < 1.29 is 37.9 Å². The Bertz CT molecular complexity index is 832. The Balaban J connectivity index is 1.64. The van der Waals surface area contributed by atoms with Crippen molar-refractivity contribution in [1.82, 2.24) is 0 Å². The van der Waals surface area contributed by atoms with Gasteiger partial charge in [0.15, 0.2) is 23.0 Å². The molecule has 2 aliphatic rings. The SMILES string of the molecule is COc1cc([C@H]2OC[C@H]3[C@H]2CO[C@H]3c2cc(OC)c(OC)c(OC)c2)cc(OC)c1OC. The van der Waals surface area contributed by atoms with E-state index in [1.807, 2.05) is 24.3 Å². The zero-order chi connectivity index (χ0) is 22.8. The average Bonchev–Trinajstić information content (AvgIpc) is 3.44. The van der Waals surface area contributed by atoms with E-state index >= 15 is 0 Å². The predicted molar refractivity (Wildman–Crippen MR) is 117 cm³/mol. The highest BCUT2D eigenvalue weighted by molar-refractivity contribution is 5.55. The van der Waals surface area contributed by atoms with Crippen LogP contribution < -0.4 is 28.4 Å². The molecule has 0 spiro atoms. The molecule has 32 heavy (non-hydrogen) atoms. The van der Waals surface area contributed by atoms with Crippen LogP contribution in [0.4, 0.5) is 0 Å². The summed E-state index contributed by atoms with van der Waals surface area (Å²) in [7, 11) is 9.62. The molecule has 2 aromatic carbocycles. The Morgan fingerprint density at radius 3 is 1.09 bits per heavy atom. The Morgan fingerprint density at radius 2 is 0.844 bits per heavy atom. The first-order chi connectivity index (χ1) is 15.6. The van der Waals surface area contributed by atoms with Crippen molar-refractivity contribution in [1.29, 1.82) is 0 Å². The molecular formula is C24H30O8. The molecule has 0 aromatic heterocycles. The highest BCUT2D eigenvalue weighted by Crippen LogP contribution is 2.53. The zero-order valence-electron chi connectivity index (χ0n) is 19.3. The molecule has 8 nitrogen and oxygen atoms in total. The van der Waals surface area contributed by atoms with Crippen LogP contribution in [0.3, 0.4) is 0 Å². The summed E-state index contributed by atoms with van der Waals surface area (Å²) in [4.78, 5) is 0. The molecule has 8 heteroatoms. The number of ether oxygens (including phenoxy) is 8. The first-order valence-corrected chi connectivity index (χ1v) is 10.4. The second-order valence-electron chi connectivity index (χ2n) is 7.75. The van der Waals surface area contributed by atoms with Gasteiger partial charge in [0, 0.05) is 11.8 Å². The van der Waals surface area contributed by atoms with Gasteiger partial charge in [-0.2, -0.15) is 0 Å². The number of hydrogen-bond donors (Lipinski definition) is 0. The Labute approximate surface area is 188 Å². The fraction of sp³-hybridized carbons (Fsp3) is 0.500. The molecule has 0 bridgehead atoms. The number of fused-ring (bicyclic) bond motifs is 1. The van der Waals surface area contributed by atoms with Gasteiger partial charge in [0.25, 0.3) is 0 Å². The largest absolute Gasteiger partial charge is 0.493 e. The van der Waals surface area contributed by atoms with Crippen LogP contribution >= 0.6 is 0 Å². The molecule has 2 fully saturated rings. The number of benzene rings is 2. The topological polar surface area (TPSA) is 73.8 Å². The van der Waals surface area contributed by atoms with E-state index in [9.17, 15) is 0 Å². The Morgan fingerprint density at radius 1 is 0.531 bits per heavy atom. The molecule has 0 saturated carbocycles. The van der Waals surface area contributed by atoms with Crippen molar-refractivity contribution in [2.45, 2.75) is 12.2 Å². The molecule has 2 aromatic rings. The lowest BCUT2D eigenvalue weighted by atomic mass is 9.84. The van der Waals surface area contributed by atoms with Gasteiger partial charge in [0.2, 0.25) is 11.5 Å². The van der Waals surface area contributed by atoms with Gasteiger partial charge in [-0.3, -0.25) is 0 Å². The minimum Gasteiger partial charge on any atom is -0.493 e. The summed E-state index contributed by atoms with van der Waals surface area (Å²) in [5.41, 5.74) is 1.95. The third kappa shape index (κ3) is 3.67. The summed E-state index contributed by atoms with van der Waals surface area (Å²) >= 11 is 0. The third-order valence-corrected chi connectivity index (χ3v) is 6.30. The van der Waals surface area contributed by atoms with Gasteiger partial charge < -0.3 is 37.9 Å². The second-order valence-corrected chi connectivity index (χ2v) is 7.75. The minimum atomic E-state index is -0.138. The van der Waals surface area contributed by atoms with E-state index in [4.69, 9.17) is 37.9 Å². The molecule has 4 rings (SSSR count). The van der Waals surface area contributed by atoms with Crippen LogP contribution in [0.5, 0.6) is 34.5 Å². The standard InChI is InChI=1S/C24H30O8/c1-25-17-7-13(8-18(26-2)23(17)29-5)21-15-11-32-22(16(15)12-31-21)14-9-19(27-3)24(30-6)20(10-14)28-4/h7-10,15-16,21-22H,11-12H2,1-6H3/t15-,16+,21-,22+. The molecule has 0 amide bonds. The van der Waals surface area contributed by atoms with E-state index in [1.165, 1.54) is 0 Å². The summed E-state index contributed by atoms with van der Waals surface area (Å²) < 4.78 is 45.5. The van der Waals surface area contributed by atoms with E-state index in [0.29, 0.717) is 47.7 Å². The second kappa shape index (κ2) is 9.34. The van der Waals surface area contributed by atoms with Crippen molar-refractivity contribution in [2.24, 2.45) is 11.8 Å². The van der Waals surface area contributed by atoms with Crippen LogP contribution in [0.15, 0.2) is 24.3 Å². The summed E-state index contributed by atoms with van der Waals surface area (Å²) in [5, 5.41) is 0. The molecule has 2 heterocycles. The molecule has 0 aliphatic carbocycles. The average molecular weight is 446 g/mol. The maximum atomic E-state index is 6.27. The molecule has 0 N–H and O–H groups in total. The normalized spacial score (nSPS) is 24.1. The first-order valence-electron chi connectivity index (χ1n) is 10.4. The maximum absolute atomic E-state index is 6.27. The Kier molecular flexibility index (Phi) is 6.53. The van der Waals surface area contributed by atoms with Gasteiger partial charge in [-0.05, 0) is 35.4 Å². The molecule has 2 aliphatic heterocycles. The molecule has 0 radical (unpaired) electrons. The van der Waals surface area contributed by atoms with Crippen LogP contribution in [0, 0.1) is 11.8 Å². The van der Waals surface area contributed by atoms with Gasteiger partial charge in [0.05, 0.1) is 68.1 Å². The summed E-state index contributed by atoms with van der Waals surface area (Å²) in [6, 6.07) is 7.78. The predicted octanol–water partition coefficient (Wildman–Crippen LogP) is 3.81. The molecule has 174 valence electrons. The monoisotopic (exact) mass is 446 g/mol. The molecular weight excluding hydrogens is 416 g/mol. The van der Waals surface area contributed by atoms with Gasteiger partial charge in [-0.1, -0.05) is 0 Å². The van der Waals surface area contributed by atoms with E-state index in [-0.39, 0.29) is 24.0 Å². The number of hydrogen-bond acceptors (Lipinski definition) is 8. The van der Waals surface area contributed by atoms with E-state index in [0.717, 1.165) is 11.1 Å². The lowest BCUT2D eigenvalue weighted by molar-refractivity contribution is 0.0190. The smallest absolute Gasteiger partial charge is 0.203 e. The van der Waals surface area contributed by atoms with Crippen molar-refractivity contribution in [3.05, 3.63) is 35.4 Å². The van der Waals surface area contributed by atoms with Gasteiger partial charge in [0.1, 0.15) is 0 Å². The molecule has 2 saturated heterocycles. The highest BCUT2D eigenvalue weighted by Gasteiger charge is 2.48. The van der Waals surface area contributed by atoms with Crippen LogP contribution in [0.1, 0.15) is 23.3 Å². The minimum absolute atomic E-state index is 0.138. The van der Waals surface area contributed by atoms with Crippen LogP contribution in [-0.2, 0) is 9.47 Å². The molecule has 4 atom stereocenters. The quantitative estimate of drug-likeness (QED) is 0.606. The number of methoxy groups -OCH3 is 6.